The largest absolute Gasteiger partial charge is 0.481 e. The third kappa shape index (κ3) is 5.87. The number of carboxylic acids is 1. The number of hydrogen-bond donors (Lipinski definition) is 4. The molecule has 0 aliphatic carbocycles. The average Bonchev–Trinajstić information content (AvgIpc) is 3.05. The van der Waals surface area contributed by atoms with Gasteiger partial charge in [-0.3, -0.25) is 9.59 Å². The summed E-state index contributed by atoms with van der Waals surface area (Å²) in [4.78, 5) is 23.1. The number of nitrogens with zero attached hydrogens (tertiary/aromatic N) is 2. The Morgan fingerprint density at radius 1 is 1.17 bits per heavy atom. The number of carboxylic acid groups (broad SMARTS) is 1. The minimum Gasteiger partial charge on any atom is -0.481 e. The SMILES string of the molecule is CNC(=O)c1nn(-c2ccc(F)cc2)c(CCC(O)CC(O)CC(=O)O)c1C(C)C. The van der Waals surface area contributed by atoms with E-state index in [1.165, 1.54) is 19.2 Å². The highest BCUT2D eigenvalue weighted by molar-refractivity contribution is 5.94. The van der Waals surface area contributed by atoms with Gasteiger partial charge in [0, 0.05) is 18.3 Å². The van der Waals surface area contributed by atoms with Gasteiger partial charge in [0.15, 0.2) is 5.69 Å². The molecule has 4 N–H and O–H groups in total. The molecule has 0 aliphatic rings. The standard InChI is InChI=1S/C21H28FN3O5/c1-12(2)19-17(9-8-15(26)10-16(27)11-18(28)29)25(24-20(19)21(30)23-3)14-6-4-13(22)5-7-14/h4-7,12,15-16,26-27H,8-11H2,1-3H3,(H,23,30)(H,28,29). The van der Waals surface area contributed by atoms with Gasteiger partial charge in [-0.25, -0.2) is 9.07 Å². The summed E-state index contributed by atoms with van der Waals surface area (Å²) < 4.78 is 14.9. The molecular weight excluding hydrogens is 393 g/mol. The molecule has 2 unspecified atom stereocenters. The molecule has 8 nitrogen and oxygen atoms in total. The zero-order valence-corrected chi connectivity index (χ0v) is 17.3. The molecule has 30 heavy (non-hydrogen) atoms. The van der Waals surface area contributed by atoms with Gasteiger partial charge in [0.2, 0.25) is 0 Å². The van der Waals surface area contributed by atoms with E-state index < -0.39 is 30.4 Å². The Morgan fingerprint density at radius 3 is 2.33 bits per heavy atom. The van der Waals surface area contributed by atoms with Gasteiger partial charge in [0.25, 0.3) is 5.91 Å². The third-order valence-electron chi connectivity index (χ3n) is 4.78. The predicted octanol–water partition coefficient (Wildman–Crippen LogP) is 2.01. The number of carbonyl (C=O) groups excluding carboxylic acids is 1. The minimum absolute atomic E-state index is 0.0451. The molecule has 9 heteroatoms. The first-order chi connectivity index (χ1) is 14.1. The smallest absolute Gasteiger partial charge is 0.305 e. The summed E-state index contributed by atoms with van der Waals surface area (Å²) in [7, 11) is 1.51. The van der Waals surface area contributed by atoms with Gasteiger partial charge < -0.3 is 20.6 Å². The molecule has 1 aromatic heterocycles. The van der Waals surface area contributed by atoms with Crippen LogP contribution in [0.25, 0.3) is 5.69 Å². The van der Waals surface area contributed by atoms with E-state index in [9.17, 15) is 24.2 Å². The Bertz CT molecular complexity index is 880. The van der Waals surface area contributed by atoms with Crippen LogP contribution < -0.4 is 5.32 Å². The van der Waals surface area contributed by atoms with E-state index in [-0.39, 0.29) is 30.4 Å². The van der Waals surface area contributed by atoms with E-state index >= 15 is 0 Å². The summed E-state index contributed by atoms with van der Waals surface area (Å²) >= 11 is 0. The molecule has 0 saturated carbocycles. The Labute approximate surface area is 174 Å². The number of amides is 1. The molecule has 1 heterocycles. The van der Waals surface area contributed by atoms with E-state index in [4.69, 9.17) is 5.11 Å². The number of rotatable bonds is 10. The zero-order chi connectivity index (χ0) is 22.4. The number of aliphatic hydroxyl groups is 2. The summed E-state index contributed by atoms with van der Waals surface area (Å²) in [6, 6.07) is 5.70. The molecular formula is C21H28FN3O5. The third-order valence-corrected chi connectivity index (χ3v) is 4.78. The van der Waals surface area contributed by atoms with Crippen molar-refractivity contribution in [2.24, 2.45) is 0 Å². The van der Waals surface area contributed by atoms with Crippen molar-refractivity contribution in [2.45, 2.75) is 57.7 Å². The van der Waals surface area contributed by atoms with Crippen LogP contribution in [0.4, 0.5) is 4.39 Å². The van der Waals surface area contributed by atoms with Crippen LogP contribution >= 0.6 is 0 Å². The number of benzene rings is 1. The summed E-state index contributed by atoms with van der Waals surface area (Å²) in [5, 5.41) is 35.8. The highest BCUT2D eigenvalue weighted by Crippen LogP contribution is 2.28. The van der Waals surface area contributed by atoms with Crippen LogP contribution in [0.15, 0.2) is 24.3 Å². The number of aromatic nitrogens is 2. The van der Waals surface area contributed by atoms with Crippen molar-refractivity contribution in [1.82, 2.24) is 15.1 Å². The Balaban J connectivity index is 2.37. The summed E-state index contributed by atoms with van der Waals surface area (Å²) in [5.41, 5.74) is 2.25. The van der Waals surface area contributed by atoms with Crippen molar-refractivity contribution in [1.29, 1.82) is 0 Å². The normalized spacial score (nSPS) is 13.3. The maximum Gasteiger partial charge on any atom is 0.305 e. The first kappa shape index (κ1) is 23.5. The fourth-order valence-corrected chi connectivity index (χ4v) is 3.41. The molecule has 2 atom stereocenters. The topological polar surface area (TPSA) is 125 Å². The van der Waals surface area contributed by atoms with Gasteiger partial charge in [0.1, 0.15) is 5.82 Å². The number of carbonyl (C=O) groups is 2. The monoisotopic (exact) mass is 421 g/mol. The van der Waals surface area contributed by atoms with Crippen molar-refractivity contribution in [2.75, 3.05) is 7.05 Å². The first-order valence-corrected chi connectivity index (χ1v) is 9.81. The van der Waals surface area contributed by atoms with Crippen LogP contribution in [0.1, 0.15) is 60.8 Å². The van der Waals surface area contributed by atoms with E-state index in [0.717, 1.165) is 5.56 Å². The zero-order valence-electron chi connectivity index (χ0n) is 17.3. The lowest BCUT2D eigenvalue weighted by Gasteiger charge is -2.16. The molecule has 0 radical (unpaired) electrons. The molecule has 164 valence electrons. The van der Waals surface area contributed by atoms with Gasteiger partial charge in [-0.2, -0.15) is 5.10 Å². The first-order valence-electron chi connectivity index (χ1n) is 9.81. The van der Waals surface area contributed by atoms with Crippen LogP contribution in [-0.4, -0.2) is 56.2 Å². The van der Waals surface area contributed by atoms with Crippen LogP contribution in [-0.2, 0) is 11.2 Å². The molecule has 1 amide bonds. The van der Waals surface area contributed by atoms with E-state index in [1.807, 2.05) is 13.8 Å². The highest BCUT2D eigenvalue weighted by atomic mass is 19.1. The lowest BCUT2D eigenvalue weighted by molar-refractivity contribution is -0.139. The predicted molar refractivity (Wildman–Crippen MR) is 108 cm³/mol. The Kier molecular flexibility index (Phi) is 8.08. The molecule has 2 rings (SSSR count). The van der Waals surface area contributed by atoms with Gasteiger partial charge in [0.05, 0.1) is 24.3 Å². The van der Waals surface area contributed by atoms with E-state index in [1.54, 1.807) is 16.8 Å². The molecule has 0 saturated heterocycles. The molecule has 0 aliphatic heterocycles. The van der Waals surface area contributed by atoms with Crippen molar-refractivity contribution >= 4 is 11.9 Å². The molecule has 0 fully saturated rings. The second-order valence-corrected chi connectivity index (χ2v) is 7.51. The summed E-state index contributed by atoms with van der Waals surface area (Å²) in [6.07, 6.45) is -2.03. The van der Waals surface area contributed by atoms with Crippen molar-refractivity contribution in [3.63, 3.8) is 0 Å². The van der Waals surface area contributed by atoms with Crippen LogP contribution in [0.2, 0.25) is 0 Å². The maximum absolute atomic E-state index is 13.4. The van der Waals surface area contributed by atoms with E-state index in [0.29, 0.717) is 17.8 Å². The Hall–Kier alpha value is -2.78. The van der Waals surface area contributed by atoms with Gasteiger partial charge in [-0.1, -0.05) is 13.8 Å². The van der Waals surface area contributed by atoms with Crippen LogP contribution in [0.3, 0.4) is 0 Å². The minimum atomic E-state index is -1.15. The van der Waals surface area contributed by atoms with Crippen LogP contribution in [0.5, 0.6) is 0 Å². The van der Waals surface area contributed by atoms with Crippen molar-refractivity contribution in [3.8, 4) is 5.69 Å². The van der Waals surface area contributed by atoms with Gasteiger partial charge in [-0.15, -0.1) is 0 Å². The number of nitrogens with one attached hydrogen (secondary N) is 1. The molecule has 0 bridgehead atoms. The second-order valence-electron chi connectivity index (χ2n) is 7.51. The van der Waals surface area contributed by atoms with Crippen LogP contribution in [0, 0.1) is 5.82 Å². The molecule has 0 spiro atoms. The quantitative estimate of drug-likeness (QED) is 0.465. The fraction of sp³-hybridized carbons (Fsp3) is 0.476. The second kappa shape index (κ2) is 10.3. The molecule has 1 aromatic carbocycles. The lowest BCUT2D eigenvalue weighted by atomic mass is 9.95. The highest BCUT2D eigenvalue weighted by Gasteiger charge is 2.26. The molecule has 2 aromatic rings. The van der Waals surface area contributed by atoms with Gasteiger partial charge in [-0.05, 0) is 49.4 Å². The van der Waals surface area contributed by atoms with E-state index in [2.05, 4.69) is 10.4 Å². The van der Waals surface area contributed by atoms with Gasteiger partial charge >= 0.3 is 5.97 Å². The number of hydrogen-bond acceptors (Lipinski definition) is 5. The van der Waals surface area contributed by atoms with Crippen molar-refractivity contribution < 1.29 is 29.3 Å². The summed E-state index contributed by atoms with van der Waals surface area (Å²) in [5.74, 6) is -1.93. The summed E-state index contributed by atoms with van der Waals surface area (Å²) in [6.45, 7) is 3.85. The van der Waals surface area contributed by atoms with Crippen molar-refractivity contribution in [3.05, 3.63) is 47.0 Å². The average molecular weight is 421 g/mol. The number of halogens is 1. The number of aliphatic carboxylic acids is 1. The maximum atomic E-state index is 13.4. The Morgan fingerprint density at radius 2 is 1.80 bits per heavy atom. The lowest BCUT2D eigenvalue weighted by Crippen LogP contribution is -2.21. The fourth-order valence-electron chi connectivity index (χ4n) is 3.41. The number of aliphatic hydroxyl groups excluding tert-OH is 2.